The van der Waals surface area contributed by atoms with Crippen LogP contribution in [0.3, 0.4) is 0 Å². The summed E-state index contributed by atoms with van der Waals surface area (Å²) in [5.41, 5.74) is 7.70. The van der Waals surface area contributed by atoms with Crippen LogP contribution in [0.2, 0.25) is 5.02 Å². The number of rotatable bonds is 4. The summed E-state index contributed by atoms with van der Waals surface area (Å²) in [4.78, 5) is 10.6. The molecule has 0 saturated carbocycles. The largest absolute Gasteiger partial charge is 0.399 e. The van der Waals surface area contributed by atoms with Crippen LogP contribution in [0.4, 0.5) is 11.6 Å². The Morgan fingerprint density at radius 2 is 1.95 bits per heavy atom. The number of nitrogen functional groups attached to an aromatic ring is 1. The second kappa shape index (κ2) is 5.89. The van der Waals surface area contributed by atoms with Crippen molar-refractivity contribution in [2.75, 3.05) is 10.6 Å². The molecule has 1 aromatic heterocycles. The number of benzene rings is 1. The van der Waals surface area contributed by atoms with Crippen molar-refractivity contribution in [2.45, 2.75) is 26.4 Å². The molecule has 5 heteroatoms. The lowest BCUT2D eigenvalue weighted by molar-refractivity contribution is 0.660. The summed E-state index contributed by atoms with van der Waals surface area (Å²) in [6.07, 6.45) is 3.22. The lowest BCUT2D eigenvalue weighted by atomic mass is 10.2. The molecule has 19 heavy (non-hydrogen) atoms. The summed E-state index contributed by atoms with van der Waals surface area (Å²) in [5, 5.41) is 0.538. The van der Waals surface area contributed by atoms with Crippen molar-refractivity contribution in [1.82, 2.24) is 9.97 Å². The van der Waals surface area contributed by atoms with E-state index in [9.17, 15) is 0 Å². The predicted molar refractivity (Wildman–Crippen MR) is 79.2 cm³/mol. The maximum atomic E-state index is 5.82. The third kappa shape index (κ3) is 3.58. The lowest BCUT2D eigenvalue weighted by Gasteiger charge is -2.26. The number of nitrogens with two attached hydrogens (primary N) is 1. The smallest absolute Gasteiger partial charge is 0.225 e. The molecule has 1 aromatic carbocycles. The van der Waals surface area contributed by atoms with Crippen molar-refractivity contribution in [3.8, 4) is 0 Å². The van der Waals surface area contributed by atoms with Gasteiger partial charge in [0.2, 0.25) is 5.95 Å². The van der Waals surface area contributed by atoms with Gasteiger partial charge in [0, 0.05) is 18.3 Å². The fraction of sp³-hybridized carbons (Fsp3) is 0.286. The zero-order valence-electron chi connectivity index (χ0n) is 11.0. The minimum atomic E-state index is 0.280. The molecule has 0 saturated heterocycles. The summed E-state index contributed by atoms with van der Waals surface area (Å²) in [7, 11) is 0. The Balaban J connectivity index is 2.23. The fourth-order valence-corrected chi connectivity index (χ4v) is 1.92. The van der Waals surface area contributed by atoms with E-state index in [2.05, 4.69) is 28.7 Å². The SMILES string of the molecule is CC(C)N(Cc1cccc(N)c1)c1ncc(Cl)cn1. The molecular weight excluding hydrogens is 260 g/mol. The highest BCUT2D eigenvalue weighted by molar-refractivity contribution is 6.30. The van der Waals surface area contributed by atoms with Crippen LogP contribution in [0.15, 0.2) is 36.7 Å². The fourth-order valence-electron chi connectivity index (χ4n) is 1.83. The Bertz CT molecular complexity index is 539. The summed E-state index contributed by atoms with van der Waals surface area (Å²) >= 11 is 5.82. The highest BCUT2D eigenvalue weighted by Gasteiger charge is 2.14. The molecule has 1 heterocycles. The van der Waals surface area contributed by atoms with E-state index >= 15 is 0 Å². The van der Waals surface area contributed by atoms with Crippen LogP contribution < -0.4 is 10.6 Å². The molecule has 0 amide bonds. The molecular formula is C14H17ClN4. The number of halogens is 1. The Morgan fingerprint density at radius 3 is 2.53 bits per heavy atom. The van der Waals surface area contributed by atoms with Gasteiger partial charge in [-0.05, 0) is 31.5 Å². The average molecular weight is 277 g/mol. The van der Waals surface area contributed by atoms with Gasteiger partial charge in [0.15, 0.2) is 0 Å². The first-order valence-electron chi connectivity index (χ1n) is 6.15. The van der Waals surface area contributed by atoms with Gasteiger partial charge in [-0.25, -0.2) is 9.97 Å². The van der Waals surface area contributed by atoms with E-state index in [1.54, 1.807) is 12.4 Å². The number of aromatic nitrogens is 2. The number of nitrogens with zero attached hydrogens (tertiary/aromatic N) is 3. The number of hydrogen-bond acceptors (Lipinski definition) is 4. The number of anilines is 2. The molecule has 0 fully saturated rings. The van der Waals surface area contributed by atoms with Crippen LogP contribution in [0.25, 0.3) is 0 Å². The molecule has 0 spiro atoms. The van der Waals surface area contributed by atoms with Crippen LogP contribution in [0, 0.1) is 0 Å². The van der Waals surface area contributed by atoms with Crippen molar-refractivity contribution in [3.63, 3.8) is 0 Å². The predicted octanol–water partition coefficient (Wildman–Crippen LogP) is 3.13. The standard InChI is InChI=1S/C14H17ClN4/c1-10(2)19(14-17-7-12(15)8-18-14)9-11-4-3-5-13(16)6-11/h3-8,10H,9,16H2,1-2H3. The first-order valence-corrected chi connectivity index (χ1v) is 6.52. The van der Waals surface area contributed by atoms with Gasteiger partial charge in [-0.15, -0.1) is 0 Å². The molecule has 0 aliphatic rings. The number of hydrogen-bond donors (Lipinski definition) is 1. The van der Waals surface area contributed by atoms with Gasteiger partial charge in [-0.1, -0.05) is 23.7 Å². The zero-order chi connectivity index (χ0) is 13.8. The van der Waals surface area contributed by atoms with Crippen LogP contribution in [0.1, 0.15) is 19.4 Å². The summed E-state index contributed by atoms with van der Waals surface area (Å²) in [6, 6.07) is 8.11. The first kappa shape index (κ1) is 13.6. The van der Waals surface area contributed by atoms with Crippen LogP contribution in [-0.2, 0) is 6.54 Å². The van der Waals surface area contributed by atoms with E-state index in [1.807, 2.05) is 24.3 Å². The Morgan fingerprint density at radius 1 is 1.26 bits per heavy atom. The maximum Gasteiger partial charge on any atom is 0.225 e. The monoisotopic (exact) mass is 276 g/mol. The van der Waals surface area contributed by atoms with Crippen molar-refractivity contribution in [3.05, 3.63) is 47.2 Å². The Hall–Kier alpha value is -1.81. The molecule has 0 bridgehead atoms. The van der Waals surface area contributed by atoms with E-state index in [-0.39, 0.29) is 6.04 Å². The van der Waals surface area contributed by atoms with Crippen molar-refractivity contribution in [1.29, 1.82) is 0 Å². The van der Waals surface area contributed by atoms with Gasteiger partial charge in [0.25, 0.3) is 0 Å². The minimum Gasteiger partial charge on any atom is -0.399 e. The van der Waals surface area contributed by atoms with E-state index in [0.717, 1.165) is 11.3 Å². The first-order chi connectivity index (χ1) is 9.06. The highest BCUT2D eigenvalue weighted by Crippen LogP contribution is 2.17. The van der Waals surface area contributed by atoms with Crippen molar-refractivity contribution >= 4 is 23.2 Å². The lowest BCUT2D eigenvalue weighted by Crippen LogP contribution is -2.31. The summed E-state index contributed by atoms with van der Waals surface area (Å²) < 4.78 is 0. The van der Waals surface area contributed by atoms with Gasteiger partial charge in [0.05, 0.1) is 17.4 Å². The molecule has 0 atom stereocenters. The molecule has 2 rings (SSSR count). The van der Waals surface area contributed by atoms with Gasteiger partial charge in [-0.2, -0.15) is 0 Å². The summed E-state index contributed by atoms with van der Waals surface area (Å²) in [6.45, 7) is 4.92. The third-order valence-corrected chi connectivity index (χ3v) is 2.99. The van der Waals surface area contributed by atoms with Gasteiger partial charge < -0.3 is 10.6 Å². The average Bonchev–Trinajstić information content (AvgIpc) is 2.37. The molecule has 0 aliphatic carbocycles. The molecule has 2 aromatic rings. The topological polar surface area (TPSA) is 55.0 Å². The Labute approximate surface area is 118 Å². The molecule has 4 nitrogen and oxygen atoms in total. The minimum absolute atomic E-state index is 0.280. The summed E-state index contributed by atoms with van der Waals surface area (Å²) in [5.74, 6) is 0.668. The van der Waals surface area contributed by atoms with E-state index in [4.69, 9.17) is 17.3 Å². The van der Waals surface area contributed by atoms with Gasteiger partial charge in [0.1, 0.15) is 0 Å². The molecule has 0 unspecified atom stereocenters. The molecule has 0 radical (unpaired) electrons. The van der Waals surface area contributed by atoms with E-state index in [0.29, 0.717) is 17.5 Å². The van der Waals surface area contributed by atoms with E-state index in [1.165, 1.54) is 0 Å². The highest BCUT2D eigenvalue weighted by atomic mass is 35.5. The van der Waals surface area contributed by atoms with E-state index < -0.39 is 0 Å². The van der Waals surface area contributed by atoms with Crippen molar-refractivity contribution in [2.24, 2.45) is 0 Å². The van der Waals surface area contributed by atoms with Crippen molar-refractivity contribution < 1.29 is 0 Å². The Kier molecular flexibility index (Phi) is 4.22. The maximum absolute atomic E-state index is 5.82. The molecule has 2 N–H and O–H groups in total. The van der Waals surface area contributed by atoms with Crippen LogP contribution >= 0.6 is 11.6 Å². The van der Waals surface area contributed by atoms with Crippen LogP contribution in [0.5, 0.6) is 0 Å². The van der Waals surface area contributed by atoms with Gasteiger partial charge >= 0.3 is 0 Å². The third-order valence-electron chi connectivity index (χ3n) is 2.79. The quantitative estimate of drug-likeness (QED) is 0.872. The molecule has 100 valence electrons. The zero-order valence-corrected chi connectivity index (χ0v) is 11.8. The van der Waals surface area contributed by atoms with Gasteiger partial charge in [-0.3, -0.25) is 0 Å². The second-order valence-corrected chi connectivity index (χ2v) is 5.10. The molecule has 0 aliphatic heterocycles. The van der Waals surface area contributed by atoms with Crippen LogP contribution in [-0.4, -0.2) is 16.0 Å². The second-order valence-electron chi connectivity index (χ2n) is 4.67. The normalized spacial score (nSPS) is 10.7.